The van der Waals surface area contributed by atoms with E-state index >= 15 is 8.78 Å². The molecule has 0 unspecified atom stereocenters. The highest BCUT2D eigenvalue weighted by Crippen LogP contribution is 2.38. The molecule has 41 heavy (non-hydrogen) atoms. The molecule has 11 heteroatoms. The first-order valence-corrected chi connectivity index (χ1v) is 13.2. The SMILES string of the molecule is CCOc1ccc(NC(=O)c2cnn3c2C(=O)N(c2ccc(C(F)(F)c4ccccc4)cc2)[C@@](C)([Si])C3)cc1C#N. The lowest BCUT2D eigenvalue weighted by molar-refractivity contribution is 0.0428. The number of hydrogen-bond acceptors (Lipinski definition) is 5. The normalized spacial score (nSPS) is 16.6. The minimum Gasteiger partial charge on any atom is -0.492 e. The van der Waals surface area contributed by atoms with Gasteiger partial charge in [-0.1, -0.05) is 42.5 Å². The molecule has 8 nitrogen and oxygen atoms in total. The first-order chi connectivity index (χ1) is 19.6. The van der Waals surface area contributed by atoms with Crippen molar-refractivity contribution in [2.75, 3.05) is 16.8 Å². The van der Waals surface area contributed by atoms with Gasteiger partial charge in [0.25, 0.3) is 17.7 Å². The molecule has 5 rings (SSSR count). The maximum absolute atomic E-state index is 15.1. The summed E-state index contributed by atoms with van der Waals surface area (Å²) in [7, 11) is 3.65. The summed E-state index contributed by atoms with van der Waals surface area (Å²) in [5.41, 5.74) is 0.676. The van der Waals surface area contributed by atoms with Gasteiger partial charge in [0.2, 0.25) is 0 Å². The van der Waals surface area contributed by atoms with E-state index in [1.54, 1.807) is 44.2 Å². The number of alkyl halides is 2. The smallest absolute Gasteiger partial charge is 0.298 e. The largest absolute Gasteiger partial charge is 0.492 e. The fraction of sp³-hybridized carbons (Fsp3) is 0.200. The number of amides is 2. The maximum Gasteiger partial charge on any atom is 0.298 e. The second-order valence-corrected chi connectivity index (χ2v) is 10.8. The highest BCUT2D eigenvalue weighted by atomic mass is 28.1. The van der Waals surface area contributed by atoms with E-state index in [-0.39, 0.29) is 34.5 Å². The number of anilines is 2. The summed E-state index contributed by atoms with van der Waals surface area (Å²) in [6, 6.07) is 19.7. The average molecular weight is 569 g/mol. The van der Waals surface area contributed by atoms with Crippen LogP contribution in [0.4, 0.5) is 20.2 Å². The third-order valence-corrected chi connectivity index (χ3v) is 7.10. The molecule has 1 N–H and O–H groups in total. The fourth-order valence-corrected chi connectivity index (χ4v) is 5.18. The van der Waals surface area contributed by atoms with Crippen LogP contribution in [0.5, 0.6) is 5.75 Å². The highest BCUT2D eigenvalue weighted by molar-refractivity contribution is 6.25. The summed E-state index contributed by atoms with van der Waals surface area (Å²) < 4.78 is 37.1. The van der Waals surface area contributed by atoms with Crippen molar-refractivity contribution in [2.45, 2.75) is 31.5 Å². The molecule has 0 saturated carbocycles. The number of nitriles is 1. The standard InChI is InChI=1S/C30H24F2N5O3Si/c1-3-40-25-14-11-22(15-19(25)16-33)35-27(38)24-17-34-36-18-29(2,41)37(28(39)26(24)36)23-12-9-21(10-13-23)30(31,32)20-7-5-4-6-8-20/h4-15,17H,3,18H2,1-2H3,(H,35,38)/t29-/m0/s1. The van der Waals surface area contributed by atoms with Crippen molar-refractivity contribution in [3.8, 4) is 11.8 Å². The van der Waals surface area contributed by atoms with Crippen LogP contribution in [0.2, 0.25) is 0 Å². The van der Waals surface area contributed by atoms with Crippen LogP contribution in [0.25, 0.3) is 0 Å². The number of ether oxygens (including phenoxy) is 1. The molecule has 2 amide bonds. The molecule has 1 atom stereocenters. The zero-order valence-electron chi connectivity index (χ0n) is 22.2. The number of fused-ring (bicyclic) bond motifs is 1. The average Bonchev–Trinajstić information content (AvgIpc) is 3.38. The molecule has 0 aliphatic carbocycles. The number of nitrogens with one attached hydrogen (secondary N) is 1. The Kier molecular flexibility index (Phi) is 7.19. The van der Waals surface area contributed by atoms with Gasteiger partial charge >= 0.3 is 0 Å². The predicted octanol–water partition coefficient (Wildman–Crippen LogP) is 5.09. The fourth-order valence-electron chi connectivity index (χ4n) is 4.80. The van der Waals surface area contributed by atoms with E-state index in [1.165, 1.54) is 58.2 Å². The number of hydrogen-bond donors (Lipinski definition) is 1. The molecule has 205 valence electrons. The van der Waals surface area contributed by atoms with Crippen molar-refractivity contribution >= 4 is 33.4 Å². The van der Waals surface area contributed by atoms with Gasteiger partial charge in [-0.25, -0.2) is 0 Å². The number of nitrogens with zero attached hydrogens (tertiary/aromatic N) is 4. The zero-order valence-corrected chi connectivity index (χ0v) is 23.2. The Hall–Kier alpha value is -4.82. The van der Waals surface area contributed by atoms with Crippen molar-refractivity contribution < 1.29 is 23.1 Å². The van der Waals surface area contributed by atoms with E-state index in [0.29, 0.717) is 23.7 Å². The van der Waals surface area contributed by atoms with Crippen LogP contribution in [0.15, 0.2) is 79.0 Å². The Morgan fingerprint density at radius 3 is 2.49 bits per heavy atom. The molecule has 0 fully saturated rings. The molecule has 3 aromatic carbocycles. The molecule has 1 aliphatic heterocycles. The lowest BCUT2D eigenvalue weighted by atomic mass is 9.99. The van der Waals surface area contributed by atoms with Crippen molar-refractivity contribution in [1.29, 1.82) is 5.26 Å². The summed E-state index contributed by atoms with van der Waals surface area (Å²) in [5.74, 6) is -3.96. The van der Waals surface area contributed by atoms with E-state index in [4.69, 9.17) is 4.74 Å². The molecule has 1 aliphatic rings. The molecular formula is C30H24F2N5O3Si. The Morgan fingerprint density at radius 1 is 1.15 bits per heavy atom. The van der Waals surface area contributed by atoms with Crippen LogP contribution in [-0.4, -0.2) is 43.6 Å². The van der Waals surface area contributed by atoms with Crippen LogP contribution in [0, 0.1) is 11.3 Å². The van der Waals surface area contributed by atoms with Crippen molar-refractivity contribution in [3.63, 3.8) is 0 Å². The summed E-state index contributed by atoms with van der Waals surface area (Å²) in [6.07, 6.45) is 1.30. The number of carbonyl (C=O) groups excluding carboxylic acids is 2. The zero-order chi connectivity index (χ0) is 29.4. The Morgan fingerprint density at radius 2 is 1.83 bits per heavy atom. The van der Waals surface area contributed by atoms with Gasteiger partial charge in [0.05, 0.1) is 40.7 Å². The molecule has 1 aromatic heterocycles. The van der Waals surface area contributed by atoms with Crippen LogP contribution >= 0.6 is 0 Å². The summed E-state index contributed by atoms with van der Waals surface area (Å²) in [5, 5.41) is 15.4. The Labute approximate surface area is 238 Å². The topological polar surface area (TPSA) is 100 Å². The second kappa shape index (κ2) is 10.6. The Bertz CT molecular complexity index is 1660. The molecule has 0 saturated heterocycles. The van der Waals surface area contributed by atoms with Gasteiger partial charge in [0.1, 0.15) is 17.5 Å². The van der Waals surface area contributed by atoms with Crippen LogP contribution < -0.4 is 15.0 Å². The lowest BCUT2D eigenvalue weighted by Crippen LogP contribution is -2.58. The minimum absolute atomic E-state index is 0.0294. The predicted molar refractivity (Wildman–Crippen MR) is 149 cm³/mol. The number of rotatable bonds is 7. The first kappa shape index (κ1) is 27.7. The quantitative estimate of drug-likeness (QED) is 0.313. The number of carbonyl (C=O) groups is 2. The number of benzene rings is 3. The van der Waals surface area contributed by atoms with E-state index in [0.717, 1.165) is 0 Å². The van der Waals surface area contributed by atoms with Gasteiger partial charge in [-0.2, -0.15) is 19.1 Å². The third-order valence-electron chi connectivity index (χ3n) is 6.72. The number of aromatic nitrogens is 2. The summed E-state index contributed by atoms with van der Waals surface area (Å²) in [6.45, 7) is 4.11. The second-order valence-electron chi connectivity index (χ2n) is 9.68. The Balaban J connectivity index is 1.43. The monoisotopic (exact) mass is 568 g/mol. The van der Waals surface area contributed by atoms with Gasteiger partial charge in [0, 0.05) is 27.7 Å². The van der Waals surface area contributed by atoms with Gasteiger partial charge in [-0.05, 0) is 44.2 Å². The van der Waals surface area contributed by atoms with Crippen LogP contribution in [0.3, 0.4) is 0 Å². The first-order valence-electron chi connectivity index (χ1n) is 12.7. The molecule has 2 heterocycles. The lowest BCUT2D eigenvalue weighted by Gasteiger charge is -2.42. The molecule has 3 radical (unpaired) electrons. The van der Waals surface area contributed by atoms with Crippen molar-refractivity contribution in [3.05, 3.63) is 107 Å². The third kappa shape index (κ3) is 5.09. The van der Waals surface area contributed by atoms with E-state index in [1.807, 2.05) is 6.07 Å². The van der Waals surface area contributed by atoms with Crippen molar-refractivity contribution in [1.82, 2.24) is 9.78 Å². The van der Waals surface area contributed by atoms with Gasteiger partial charge in [-0.3, -0.25) is 14.3 Å². The van der Waals surface area contributed by atoms with E-state index in [2.05, 4.69) is 20.7 Å². The summed E-state index contributed by atoms with van der Waals surface area (Å²) in [4.78, 5) is 28.5. The molecule has 0 spiro atoms. The minimum atomic E-state index is -3.22. The maximum atomic E-state index is 15.1. The van der Waals surface area contributed by atoms with E-state index in [9.17, 15) is 14.9 Å². The van der Waals surface area contributed by atoms with Gasteiger partial charge in [0.15, 0.2) is 0 Å². The molecule has 4 aromatic rings. The van der Waals surface area contributed by atoms with Crippen LogP contribution in [-0.2, 0) is 12.5 Å². The number of halogens is 2. The molecule has 0 bridgehead atoms. The summed E-state index contributed by atoms with van der Waals surface area (Å²) >= 11 is 0. The van der Waals surface area contributed by atoms with Crippen molar-refractivity contribution in [2.24, 2.45) is 0 Å². The van der Waals surface area contributed by atoms with E-state index < -0.39 is 22.9 Å². The molecular weight excluding hydrogens is 544 g/mol. The van der Waals surface area contributed by atoms with Crippen LogP contribution in [0.1, 0.15) is 51.4 Å². The van der Waals surface area contributed by atoms with Gasteiger partial charge in [-0.15, -0.1) is 0 Å². The highest BCUT2D eigenvalue weighted by Gasteiger charge is 2.43. The van der Waals surface area contributed by atoms with Gasteiger partial charge < -0.3 is 15.0 Å².